The lowest BCUT2D eigenvalue weighted by Gasteiger charge is -2.05. The monoisotopic (exact) mass is 259 g/mol. The Morgan fingerprint density at radius 2 is 1.89 bits per heavy atom. The fraction of sp³-hybridized carbons (Fsp3) is 0.143. The Morgan fingerprint density at radius 3 is 2.42 bits per heavy atom. The summed E-state index contributed by atoms with van der Waals surface area (Å²) in [6.07, 6.45) is 0. The number of hydrogen-bond acceptors (Lipinski definition) is 3. The van der Waals surface area contributed by atoms with Gasteiger partial charge in [-0.15, -0.1) is 0 Å². The van der Waals surface area contributed by atoms with E-state index in [1.54, 1.807) is 30.3 Å². The zero-order chi connectivity index (χ0) is 13.8. The number of hydrogen-bond donors (Lipinski definition) is 2. The van der Waals surface area contributed by atoms with Crippen molar-refractivity contribution in [2.45, 2.75) is 6.92 Å². The lowest BCUT2D eigenvalue weighted by atomic mass is 10.1. The molecule has 0 radical (unpaired) electrons. The number of benzene rings is 1. The molecule has 2 N–H and O–H groups in total. The van der Waals surface area contributed by atoms with Crippen LogP contribution in [0.15, 0.2) is 41.2 Å². The molecule has 1 aromatic heterocycles. The highest BCUT2D eigenvalue weighted by atomic mass is 16.5. The molecule has 0 unspecified atom stereocenters. The molecule has 1 aromatic carbocycles. The summed E-state index contributed by atoms with van der Waals surface area (Å²) < 4.78 is 5.32. The van der Waals surface area contributed by atoms with Crippen LogP contribution in [0.5, 0.6) is 5.75 Å². The maximum Gasteiger partial charge on any atom is 0.341 e. The largest absolute Gasteiger partial charge is 0.494 e. The topological polar surface area (TPSA) is 79.4 Å². The summed E-state index contributed by atoms with van der Waals surface area (Å²) in [6.45, 7) is 2.49. The highest BCUT2D eigenvalue weighted by Crippen LogP contribution is 2.20. The minimum Gasteiger partial charge on any atom is -0.494 e. The van der Waals surface area contributed by atoms with E-state index in [0.29, 0.717) is 12.3 Å². The van der Waals surface area contributed by atoms with E-state index in [4.69, 9.17) is 9.84 Å². The van der Waals surface area contributed by atoms with Crippen LogP contribution in [-0.4, -0.2) is 22.7 Å². The number of carboxylic acids is 1. The Morgan fingerprint density at radius 1 is 1.21 bits per heavy atom. The number of aromatic nitrogens is 1. The second kappa shape index (κ2) is 5.39. The maximum absolute atomic E-state index is 11.6. The van der Waals surface area contributed by atoms with Gasteiger partial charge in [0.2, 0.25) is 0 Å². The number of aromatic amines is 1. The number of aromatic carboxylic acids is 1. The molecule has 0 aliphatic rings. The molecule has 1 heterocycles. The molecule has 0 amide bonds. The van der Waals surface area contributed by atoms with Gasteiger partial charge < -0.3 is 14.8 Å². The van der Waals surface area contributed by atoms with Gasteiger partial charge in [-0.1, -0.05) is 0 Å². The lowest BCUT2D eigenvalue weighted by molar-refractivity contribution is 0.0695. The first kappa shape index (κ1) is 12.9. The summed E-state index contributed by atoms with van der Waals surface area (Å²) in [5.41, 5.74) is 0.476. The Balaban J connectivity index is 2.34. The summed E-state index contributed by atoms with van der Waals surface area (Å²) in [5.74, 6) is -0.491. The first-order chi connectivity index (χ1) is 9.11. The average molecular weight is 259 g/mol. The predicted molar refractivity (Wildman–Crippen MR) is 70.6 cm³/mol. The number of carbonyl (C=O) groups is 1. The van der Waals surface area contributed by atoms with E-state index in [2.05, 4.69) is 4.98 Å². The van der Waals surface area contributed by atoms with Crippen molar-refractivity contribution in [2.24, 2.45) is 0 Å². The molecule has 2 rings (SSSR count). The van der Waals surface area contributed by atoms with Crippen LogP contribution >= 0.6 is 0 Å². The first-order valence-corrected chi connectivity index (χ1v) is 5.81. The number of pyridine rings is 1. The molecule has 0 bridgehead atoms. The second-order valence-electron chi connectivity index (χ2n) is 3.88. The molecule has 0 aliphatic carbocycles. The third-order valence-electron chi connectivity index (χ3n) is 2.62. The molecular formula is C14H13NO4. The van der Waals surface area contributed by atoms with Gasteiger partial charge in [-0.3, -0.25) is 4.79 Å². The second-order valence-corrected chi connectivity index (χ2v) is 3.88. The average Bonchev–Trinajstić information content (AvgIpc) is 2.39. The molecule has 98 valence electrons. The van der Waals surface area contributed by atoms with Crippen LogP contribution in [0.2, 0.25) is 0 Å². The highest BCUT2D eigenvalue weighted by molar-refractivity contribution is 5.87. The number of carboxylic acid groups (broad SMARTS) is 1. The van der Waals surface area contributed by atoms with Crippen LogP contribution < -0.4 is 10.3 Å². The number of nitrogens with one attached hydrogen (secondary N) is 1. The Bertz CT molecular complexity index is 643. The van der Waals surface area contributed by atoms with E-state index in [1.165, 1.54) is 6.07 Å². The molecule has 0 saturated carbocycles. The van der Waals surface area contributed by atoms with Gasteiger partial charge in [-0.05, 0) is 48.9 Å². The van der Waals surface area contributed by atoms with Crippen LogP contribution in [0, 0.1) is 0 Å². The summed E-state index contributed by atoms with van der Waals surface area (Å²) in [6, 6.07) is 10.1. The smallest absolute Gasteiger partial charge is 0.341 e. The molecule has 0 spiro atoms. The van der Waals surface area contributed by atoms with Crippen molar-refractivity contribution in [3.8, 4) is 17.0 Å². The maximum atomic E-state index is 11.6. The zero-order valence-corrected chi connectivity index (χ0v) is 10.3. The third kappa shape index (κ3) is 2.82. The number of rotatable bonds is 4. The van der Waals surface area contributed by atoms with Crippen LogP contribution in [0.25, 0.3) is 11.3 Å². The fourth-order valence-corrected chi connectivity index (χ4v) is 1.71. The van der Waals surface area contributed by atoms with Gasteiger partial charge >= 0.3 is 5.97 Å². The summed E-state index contributed by atoms with van der Waals surface area (Å²) in [7, 11) is 0. The van der Waals surface area contributed by atoms with E-state index in [9.17, 15) is 9.59 Å². The van der Waals surface area contributed by atoms with Crippen molar-refractivity contribution in [3.05, 3.63) is 52.3 Å². The summed E-state index contributed by atoms with van der Waals surface area (Å²) in [4.78, 5) is 24.9. The lowest BCUT2D eigenvalue weighted by Crippen LogP contribution is -2.17. The zero-order valence-electron chi connectivity index (χ0n) is 10.3. The van der Waals surface area contributed by atoms with Crippen LogP contribution in [0.4, 0.5) is 0 Å². The van der Waals surface area contributed by atoms with Crippen LogP contribution in [-0.2, 0) is 0 Å². The Labute approximate surface area is 109 Å². The predicted octanol–water partition coefficient (Wildman–Crippen LogP) is 2.14. The quantitative estimate of drug-likeness (QED) is 0.881. The van der Waals surface area contributed by atoms with Gasteiger partial charge in [0, 0.05) is 5.69 Å². The van der Waals surface area contributed by atoms with Crippen molar-refractivity contribution in [1.29, 1.82) is 0 Å². The normalized spacial score (nSPS) is 10.2. The first-order valence-electron chi connectivity index (χ1n) is 5.81. The van der Waals surface area contributed by atoms with Gasteiger partial charge in [0.05, 0.1) is 6.61 Å². The van der Waals surface area contributed by atoms with Crippen molar-refractivity contribution in [2.75, 3.05) is 6.61 Å². The molecule has 2 aromatic rings. The minimum atomic E-state index is -1.24. The number of ether oxygens (including phenoxy) is 1. The Hall–Kier alpha value is -2.56. The molecule has 0 fully saturated rings. The molecule has 0 atom stereocenters. The van der Waals surface area contributed by atoms with E-state index in [-0.39, 0.29) is 5.56 Å². The van der Waals surface area contributed by atoms with Crippen molar-refractivity contribution in [3.63, 3.8) is 0 Å². The van der Waals surface area contributed by atoms with E-state index in [0.717, 1.165) is 11.3 Å². The standard InChI is InChI=1S/C14H13NO4/c1-2-19-10-5-3-9(4-6-10)12-8-7-11(14(17)18)13(16)15-12/h3-8H,2H2,1H3,(H,15,16)(H,17,18). The van der Waals surface area contributed by atoms with Gasteiger partial charge in [0.25, 0.3) is 5.56 Å². The van der Waals surface area contributed by atoms with Crippen molar-refractivity contribution < 1.29 is 14.6 Å². The van der Waals surface area contributed by atoms with Crippen molar-refractivity contribution in [1.82, 2.24) is 4.98 Å². The minimum absolute atomic E-state index is 0.269. The van der Waals surface area contributed by atoms with E-state index >= 15 is 0 Å². The highest BCUT2D eigenvalue weighted by Gasteiger charge is 2.09. The van der Waals surface area contributed by atoms with E-state index < -0.39 is 11.5 Å². The molecule has 5 nitrogen and oxygen atoms in total. The fourth-order valence-electron chi connectivity index (χ4n) is 1.71. The molecule has 0 aliphatic heterocycles. The van der Waals surface area contributed by atoms with Gasteiger partial charge in [0.1, 0.15) is 11.3 Å². The number of H-pyrrole nitrogens is 1. The van der Waals surface area contributed by atoms with E-state index in [1.807, 2.05) is 6.92 Å². The van der Waals surface area contributed by atoms with Gasteiger partial charge in [0.15, 0.2) is 0 Å². The summed E-state index contributed by atoms with van der Waals surface area (Å²) >= 11 is 0. The van der Waals surface area contributed by atoms with Gasteiger partial charge in [-0.2, -0.15) is 0 Å². The molecule has 19 heavy (non-hydrogen) atoms. The third-order valence-corrected chi connectivity index (χ3v) is 2.62. The summed E-state index contributed by atoms with van der Waals surface area (Å²) in [5, 5.41) is 8.79. The Kier molecular flexibility index (Phi) is 3.66. The van der Waals surface area contributed by atoms with Crippen molar-refractivity contribution >= 4 is 5.97 Å². The van der Waals surface area contributed by atoms with Crippen LogP contribution in [0.1, 0.15) is 17.3 Å². The molecule has 0 saturated heterocycles. The SMILES string of the molecule is CCOc1ccc(-c2ccc(C(=O)O)c(=O)[nH]2)cc1. The molecular weight excluding hydrogens is 246 g/mol. The van der Waals surface area contributed by atoms with Crippen LogP contribution in [0.3, 0.4) is 0 Å². The molecule has 5 heteroatoms. The van der Waals surface area contributed by atoms with Gasteiger partial charge in [-0.25, -0.2) is 4.79 Å².